The Labute approximate surface area is 132 Å². The average Bonchev–Trinajstić information content (AvgIpc) is 3.29. The minimum Gasteiger partial charge on any atom is -0.212 e. The van der Waals surface area contributed by atoms with Gasteiger partial charge < -0.3 is 0 Å². The lowest BCUT2D eigenvalue weighted by Crippen LogP contribution is -2.36. The molecule has 1 fully saturated rings. The molecule has 0 amide bonds. The molecule has 2 aromatic carbocycles. The summed E-state index contributed by atoms with van der Waals surface area (Å²) >= 11 is 0. The number of hydrogen-bond donors (Lipinski definition) is 1. The summed E-state index contributed by atoms with van der Waals surface area (Å²) in [6.07, 6.45) is 3.20. The van der Waals surface area contributed by atoms with Crippen molar-refractivity contribution in [3.8, 4) is 0 Å². The van der Waals surface area contributed by atoms with Crippen LogP contribution in [0.15, 0.2) is 60.7 Å². The number of hydrogen-bond acceptors (Lipinski definition) is 2. The van der Waals surface area contributed by atoms with E-state index in [2.05, 4.69) is 4.72 Å². The van der Waals surface area contributed by atoms with Crippen LogP contribution in [0, 0.1) is 0 Å². The molecular weight excluding hydrogens is 294 g/mol. The van der Waals surface area contributed by atoms with Crippen molar-refractivity contribution in [3.63, 3.8) is 0 Å². The minimum absolute atomic E-state index is 0.177. The topological polar surface area (TPSA) is 46.2 Å². The Kier molecular flexibility index (Phi) is 4.32. The summed E-state index contributed by atoms with van der Waals surface area (Å²) in [5.41, 5.74) is 1.90. The fourth-order valence-electron chi connectivity index (χ4n) is 2.79. The summed E-state index contributed by atoms with van der Waals surface area (Å²) in [4.78, 5) is 0. The van der Waals surface area contributed by atoms with Gasteiger partial charge in [-0.1, -0.05) is 60.7 Å². The molecule has 2 aromatic rings. The lowest BCUT2D eigenvalue weighted by Gasteiger charge is -2.18. The average molecular weight is 315 g/mol. The zero-order valence-corrected chi connectivity index (χ0v) is 13.4. The molecule has 0 aromatic heterocycles. The standard InChI is InChI=1S/C18H21NO2S/c20-22(21,15-7-10-16-8-3-1-4-9-16)19-18(13-14-18)17-11-5-2-6-12-17/h1-6,8-9,11-12,19H,7,10,13-15H2. The van der Waals surface area contributed by atoms with Gasteiger partial charge in [-0.15, -0.1) is 0 Å². The molecule has 3 nitrogen and oxygen atoms in total. The Morgan fingerprint density at radius 1 is 0.909 bits per heavy atom. The zero-order chi connectivity index (χ0) is 15.5. The molecule has 22 heavy (non-hydrogen) atoms. The molecule has 0 aliphatic heterocycles. The van der Waals surface area contributed by atoms with Crippen LogP contribution in [0.5, 0.6) is 0 Å². The third kappa shape index (κ3) is 3.76. The summed E-state index contributed by atoms with van der Waals surface area (Å²) in [5.74, 6) is 0.177. The van der Waals surface area contributed by atoms with Gasteiger partial charge in [0.15, 0.2) is 0 Å². The van der Waals surface area contributed by atoms with Crippen LogP contribution in [-0.2, 0) is 22.0 Å². The lowest BCUT2D eigenvalue weighted by atomic mass is 10.1. The number of aryl methyl sites for hydroxylation is 1. The van der Waals surface area contributed by atoms with Crippen molar-refractivity contribution in [1.29, 1.82) is 0 Å². The SMILES string of the molecule is O=S(=O)(CCCc1ccccc1)NC1(c2ccccc2)CC1. The van der Waals surface area contributed by atoms with Gasteiger partial charge in [0.05, 0.1) is 11.3 Å². The molecule has 0 heterocycles. The summed E-state index contributed by atoms with van der Waals surface area (Å²) in [6, 6.07) is 19.9. The number of sulfonamides is 1. The molecule has 0 spiro atoms. The third-order valence-corrected chi connectivity index (χ3v) is 5.68. The van der Waals surface area contributed by atoms with E-state index < -0.39 is 10.0 Å². The van der Waals surface area contributed by atoms with E-state index in [0.717, 1.165) is 24.8 Å². The van der Waals surface area contributed by atoms with Crippen LogP contribution in [0.1, 0.15) is 30.4 Å². The Morgan fingerprint density at radius 3 is 2.09 bits per heavy atom. The lowest BCUT2D eigenvalue weighted by molar-refractivity contribution is 0.549. The molecule has 0 radical (unpaired) electrons. The van der Waals surface area contributed by atoms with Crippen molar-refractivity contribution in [2.24, 2.45) is 0 Å². The number of benzene rings is 2. The second-order valence-electron chi connectivity index (χ2n) is 5.96. The smallest absolute Gasteiger partial charge is 0.212 e. The fourth-order valence-corrected chi connectivity index (χ4v) is 4.34. The van der Waals surface area contributed by atoms with Crippen LogP contribution in [0.2, 0.25) is 0 Å². The summed E-state index contributed by atoms with van der Waals surface area (Å²) < 4.78 is 27.6. The molecule has 1 aliphatic rings. The van der Waals surface area contributed by atoms with E-state index in [1.165, 1.54) is 5.56 Å². The van der Waals surface area contributed by atoms with Gasteiger partial charge in [0.1, 0.15) is 0 Å². The van der Waals surface area contributed by atoms with Crippen LogP contribution in [-0.4, -0.2) is 14.2 Å². The normalized spacial score (nSPS) is 16.4. The molecule has 1 saturated carbocycles. The predicted octanol–water partition coefficient (Wildman–Crippen LogP) is 3.23. The fraction of sp³-hybridized carbons (Fsp3) is 0.333. The number of rotatable bonds is 7. The van der Waals surface area contributed by atoms with Crippen molar-refractivity contribution < 1.29 is 8.42 Å². The first kappa shape index (κ1) is 15.3. The number of nitrogens with one attached hydrogen (secondary N) is 1. The van der Waals surface area contributed by atoms with E-state index in [9.17, 15) is 8.42 Å². The van der Waals surface area contributed by atoms with Crippen LogP contribution in [0.25, 0.3) is 0 Å². The summed E-state index contributed by atoms with van der Waals surface area (Å²) in [5, 5.41) is 0. The third-order valence-electron chi connectivity index (χ3n) is 4.15. The van der Waals surface area contributed by atoms with Crippen molar-refractivity contribution in [2.45, 2.75) is 31.2 Å². The van der Waals surface area contributed by atoms with Crippen LogP contribution in [0.3, 0.4) is 0 Å². The molecule has 0 saturated heterocycles. The molecule has 0 bridgehead atoms. The molecular formula is C18H21NO2S. The van der Waals surface area contributed by atoms with E-state index >= 15 is 0 Å². The van der Waals surface area contributed by atoms with Crippen molar-refractivity contribution in [1.82, 2.24) is 4.72 Å². The zero-order valence-electron chi connectivity index (χ0n) is 12.5. The van der Waals surface area contributed by atoms with Gasteiger partial charge in [-0.2, -0.15) is 0 Å². The Morgan fingerprint density at radius 2 is 1.50 bits per heavy atom. The van der Waals surface area contributed by atoms with Crippen LogP contribution >= 0.6 is 0 Å². The molecule has 1 aliphatic carbocycles. The highest BCUT2D eigenvalue weighted by Gasteiger charge is 2.46. The van der Waals surface area contributed by atoms with Gasteiger partial charge >= 0.3 is 0 Å². The Hall–Kier alpha value is -1.65. The highest BCUT2D eigenvalue weighted by molar-refractivity contribution is 7.89. The monoisotopic (exact) mass is 315 g/mol. The Balaban J connectivity index is 1.58. The highest BCUT2D eigenvalue weighted by atomic mass is 32.2. The molecule has 116 valence electrons. The van der Waals surface area contributed by atoms with Gasteiger partial charge in [0, 0.05) is 0 Å². The van der Waals surface area contributed by atoms with Gasteiger partial charge in [-0.05, 0) is 36.8 Å². The summed E-state index contributed by atoms with van der Waals surface area (Å²) in [6.45, 7) is 0. The summed E-state index contributed by atoms with van der Waals surface area (Å²) in [7, 11) is -3.25. The first-order valence-electron chi connectivity index (χ1n) is 7.71. The van der Waals surface area contributed by atoms with Crippen molar-refractivity contribution in [2.75, 3.05) is 5.75 Å². The first-order valence-corrected chi connectivity index (χ1v) is 9.36. The van der Waals surface area contributed by atoms with Crippen molar-refractivity contribution >= 4 is 10.0 Å². The van der Waals surface area contributed by atoms with E-state index in [1.54, 1.807) is 0 Å². The molecule has 0 unspecified atom stereocenters. The quantitative estimate of drug-likeness (QED) is 0.852. The van der Waals surface area contributed by atoms with E-state index in [-0.39, 0.29) is 11.3 Å². The first-order chi connectivity index (χ1) is 10.6. The van der Waals surface area contributed by atoms with Crippen LogP contribution in [0.4, 0.5) is 0 Å². The maximum Gasteiger partial charge on any atom is 0.212 e. The molecule has 1 N–H and O–H groups in total. The largest absolute Gasteiger partial charge is 0.212 e. The predicted molar refractivity (Wildman–Crippen MR) is 89.0 cm³/mol. The second kappa shape index (κ2) is 6.23. The molecule has 3 rings (SSSR count). The van der Waals surface area contributed by atoms with E-state index in [1.807, 2.05) is 60.7 Å². The second-order valence-corrected chi connectivity index (χ2v) is 7.80. The van der Waals surface area contributed by atoms with E-state index in [0.29, 0.717) is 6.42 Å². The van der Waals surface area contributed by atoms with Gasteiger partial charge in [-0.25, -0.2) is 13.1 Å². The van der Waals surface area contributed by atoms with Crippen LogP contribution < -0.4 is 4.72 Å². The maximum absolute atomic E-state index is 12.3. The Bertz CT molecular complexity index is 707. The van der Waals surface area contributed by atoms with Crippen molar-refractivity contribution in [3.05, 3.63) is 71.8 Å². The van der Waals surface area contributed by atoms with Gasteiger partial charge in [-0.3, -0.25) is 0 Å². The highest BCUT2D eigenvalue weighted by Crippen LogP contribution is 2.45. The van der Waals surface area contributed by atoms with Gasteiger partial charge in [0.25, 0.3) is 0 Å². The minimum atomic E-state index is -3.25. The van der Waals surface area contributed by atoms with Gasteiger partial charge in [0.2, 0.25) is 10.0 Å². The van der Waals surface area contributed by atoms with E-state index in [4.69, 9.17) is 0 Å². The molecule has 0 atom stereocenters. The molecule has 4 heteroatoms. The maximum atomic E-state index is 12.3.